The molecule has 3 aromatic rings. The maximum atomic E-state index is 12.5. The van der Waals surface area contributed by atoms with Gasteiger partial charge in [0.15, 0.2) is 0 Å². The first kappa shape index (κ1) is 15.9. The Kier molecular flexibility index (Phi) is 4.64. The Morgan fingerprint density at radius 2 is 2.17 bits per heavy atom. The van der Waals surface area contributed by atoms with Gasteiger partial charge in [-0.05, 0) is 31.5 Å². The van der Waals surface area contributed by atoms with Gasteiger partial charge in [0.2, 0.25) is 0 Å². The second-order valence-corrected chi connectivity index (χ2v) is 5.25. The van der Waals surface area contributed by atoms with E-state index in [0.29, 0.717) is 30.0 Å². The van der Waals surface area contributed by atoms with E-state index in [2.05, 4.69) is 30.6 Å². The van der Waals surface area contributed by atoms with Gasteiger partial charge < -0.3 is 5.32 Å². The predicted molar refractivity (Wildman–Crippen MR) is 88.0 cm³/mol. The average Bonchev–Trinajstić information content (AvgIpc) is 3.29. The molecule has 0 aliphatic rings. The van der Waals surface area contributed by atoms with Crippen molar-refractivity contribution in [3.05, 3.63) is 48.3 Å². The maximum absolute atomic E-state index is 12.5. The van der Waals surface area contributed by atoms with Crippen molar-refractivity contribution < 1.29 is 4.79 Å². The van der Waals surface area contributed by atoms with E-state index in [1.54, 1.807) is 16.9 Å². The van der Waals surface area contributed by atoms with E-state index in [1.807, 2.05) is 32.0 Å². The minimum Gasteiger partial charge on any atom is -0.341 e. The van der Waals surface area contributed by atoms with Crippen LogP contribution in [0.1, 0.15) is 42.6 Å². The number of hydrogen-bond donors (Lipinski definition) is 2. The third-order valence-corrected chi connectivity index (χ3v) is 3.72. The third kappa shape index (κ3) is 3.17. The van der Waals surface area contributed by atoms with Gasteiger partial charge in [-0.25, -0.2) is 9.67 Å². The first-order valence-corrected chi connectivity index (χ1v) is 7.88. The van der Waals surface area contributed by atoms with Gasteiger partial charge in [0.05, 0.1) is 11.7 Å². The molecule has 0 aliphatic carbocycles. The lowest BCUT2D eigenvalue weighted by molar-refractivity contribution is 0.0927. The summed E-state index contributed by atoms with van der Waals surface area (Å²) in [5, 5.41) is 14.0. The number of carbonyl (C=O) groups excluding carboxylic acids is 1. The molecule has 0 saturated carbocycles. The Balaban J connectivity index is 1.76. The van der Waals surface area contributed by atoms with E-state index in [1.165, 1.54) is 6.33 Å². The molecule has 0 saturated heterocycles. The van der Waals surface area contributed by atoms with Crippen molar-refractivity contribution in [2.45, 2.75) is 32.9 Å². The SMILES string of the molecule is CCC(NC(=O)c1cc(-c2ccccn2)n[nH]1)c1ncnn1CC. The highest BCUT2D eigenvalue weighted by atomic mass is 16.2. The van der Waals surface area contributed by atoms with E-state index in [-0.39, 0.29) is 11.9 Å². The van der Waals surface area contributed by atoms with Crippen LogP contribution in [0.15, 0.2) is 36.8 Å². The van der Waals surface area contributed by atoms with Gasteiger partial charge in [-0.2, -0.15) is 10.2 Å². The molecule has 0 aliphatic heterocycles. The molecule has 0 bridgehead atoms. The first-order valence-electron chi connectivity index (χ1n) is 7.88. The Morgan fingerprint density at radius 1 is 1.29 bits per heavy atom. The molecular weight excluding hydrogens is 306 g/mol. The molecule has 3 aromatic heterocycles. The van der Waals surface area contributed by atoms with Crippen molar-refractivity contribution in [2.75, 3.05) is 0 Å². The summed E-state index contributed by atoms with van der Waals surface area (Å²) >= 11 is 0. The smallest absolute Gasteiger partial charge is 0.269 e. The Morgan fingerprint density at radius 3 is 2.88 bits per heavy atom. The summed E-state index contributed by atoms with van der Waals surface area (Å²) in [6, 6.07) is 7.04. The van der Waals surface area contributed by atoms with Gasteiger partial charge in [-0.1, -0.05) is 13.0 Å². The van der Waals surface area contributed by atoms with Gasteiger partial charge >= 0.3 is 0 Å². The molecule has 24 heavy (non-hydrogen) atoms. The summed E-state index contributed by atoms with van der Waals surface area (Å²) in [5.41, 5.74) is 1.73. The van der Waals surface area contributed by atoms with Crippen LogP contribution < -0.4 is 5.32 Å². The van der Waals surface area contributed by atoms with E-state index < -0.39 is 0 Å². The molecule has 1 amide bonds. The van der Waals surface area contributed by atoms with Crippen LogP contribution in [0.3, 0.4) is 0 Å². The monoisotopic (exact) mass is 325 g/mol. The second-order valence-electron chi connectivity index (χ2n) is 5.25. The number of rotatable bonds is 6. The molecule has 124 valence electrons. The van der Waals surface area contributed by atoms with Crippen LogP contribution >= 0.6 is 0 Å². The molecule has 0 radical (unpaired) electrons. The summed E-state index contributed by atoms with van der Waals surface area (Å²) < 4.78 is 1.78. The highest BCUT2D eigenvalue weighted by molar-refractivity contribution is 5.93. The minimum absolute atomic E-state index is 0.207. The Hall–Kier alpha value is -3.03. The van der Waals surface area contributed by atoms with Crippen molar-refractivity contribution in [3.8, 4) is 11.4 Å². The molecule has 0 fully saturated rings. The number of aromatic nitrogens is 6. The van der Waals surface area contributed by atoms with Crippen LogP contribution in [0.25, 0.3) is 11.4 Å². The molecule has 3 heterocycles. The number of hydrogen-bond acceptors (Lipinski definition) is 5. The van der Waals surface area contributed by atoms with Crippen LogP contribution in [0, 0.1) is 0 Å². The summed E-state index contributed by atoms with van der Waals surface area (Å²) in [6.45, 7) is 4.68. The van der Waals surface area contributed by atoms with Gasteiger partial charge in [0.1, 0.15) is 23.5 Å². The highest BCUT2D eigenvalue weighted by Gasteiger charge is 2.20. The van der Waals surface area contributed by atoms with Gasteiger partial charge in [-0.3, -0.25) is 14.9 Å². The van der Waals surface area contributed by atoms with Crippen LogP contribution in [0.2, 0.25) is 0 Å². The van der Waals surface area contributed by atoms with E-state index in [0.717, 1.165) is 5.82 Å². The maximum Gasteiger partial charge on any atom is 0.269 e. The van der Waals surface area contributed by atoms with Gasteiger partial charge in [0.25, 0.3) is 5.91 Å². The average molecular weight is 325 g/mol. The van der Waals surface area contributed by atoms with E-state index in [9.17, 15) is 4.79 Å². The third-order valence-electron chi connectivity index (χ3n) is 3.72. The van der Waals surface area contributed by atoms with Crippen LogP contribution in [-0.4, -0.2) is 35.9 Å². The lowest BCUT2D eigenvalue weighted by atomic mass is 10.2. The fourth-order valence-corrected chi connectivity index (χ4v) is 2.46. The quantitative estimate of drug-likeness (QED) is 0.721. The number of carbonyl (C=O) groups is 1. The Bertz CT molecular complexity index is 809. The van der Waals surface area contributed by atoms with Crippen molar-refractivity contribution in [3.63, 3.8) is 0 Å². The number of aryl methyl sites for hydroxylation is 1. The van der Waals surface area contributed by atoms with Crippen molar-refractivity contribution in [1.82, 2.24) is 35.3 Å². The topological polar surface area (TPSA) is 101 Å². The summed E-state index contributed by atoms with van der Waals surface area (Å²) in [5.74, 6) is 0.514. The zero-order chi connectivity index (χ0) is 16.9. The summed E-state index contributed by atoms with van der Waals surface area (Å²) in [6.07, 6.45) is 3.91. The predicted octanol–water partition coefficient (Wildman–Crippen LogP) is 1.96. The van der Waals surface area contributed by atoms with E-state index in [4.69, 9.17) is 0 Å². The number of nitrogens with zero attached hydrogens (tertiary/aromatic N) is 5. The fourth-order valence-electron chi connectivity index (χ4n) is 2.46. The zero-order valence-corrected chi connectivity index (χ0v) is 13.6. The number of pyridine rings is 1. The zero-order valence-electron chi connectivity index (χ0n) is 13.6. The molecule has 0 aromatic carbocycles. The largest absolute Gasteiger partial charge is 0.341 e. The van der Waals surface area contributed by atoms with Crippen LogP contribution in [-0.2, 0) is 6.54 Å². The number of H-pyrrole nitrogens is 1. The fraction of sp³-hybridized carbons (Fsp3) is 0.312. The summed E-state index contributed by atoms with van der Waals surface area (Å²) in [7, 11) is 0. The second kappa shape index (κ2) is 7.03. The van der Waals surface area contributed by atoms with Crippen molar-refractivity contribution in [2.24, 2.45) is 0 Å². The van der Waals surface area contributed by atoms with Crippen molar-refractivity contribution >= 4 is 5.91 Å². The van der Waals surface area contributed by atoms with Crippen LogP contribution in [0.4, 0.5) is 0 Å². The number of amides is 1. The molecule has 8 nitrogen and oxygen atoms in total. The number of nitrogens with one attached hydrogen (secondary N) is 2. The van der Waals surface area contributed by atoms with Crippen molar-refractivity contribution in [1.29, 1.82) is 0 Å². The highest BCUT2D eigenvalue weighted by Crippen LogP contribution is 2.17. The first-order chi connectivity index (χ1) is 11.7. The Labute approximate surface area is 139 Å². The molecule has 1 unspecified atom stereocenters. The van der Waals surface area contributed by atoms with Gasteiger partial charge in [0, 0.05) is 12.7 Å². The van der Waals surface area contributed by atoms with Crippen LogP contribution in [0.5, 0.6) is 0 Å². The number of aromatic amines is 1. The normalized spacial score (nSPS) is 12.1. The molecule has 1 atom stereocenters. The molecule has 0 spiro atoms. The molecule has 3 rings (SSSR count). The standard InChI is InChI=1S/C16H19N7O/c1-3-11(15-18-10-19-23(15)4-2)20-16(24)14-9-13(21-22-14)12-7-5-6-8-17-12/h5-11H,3-4H2,1-2H3,(H,20,24)(H,21,22). The molecule has 2 N–H and O–H groups in total. The minimum atomic E-state index is -0.234. The lowest BCUT2D eigenvalue weighted by Gasteiger charge is -2.16. The van der Waals surface area contributed by atoms with Gasteiger partial charge in [-0.15, -0.1) is 0 Å². The molecular formula is C16H19N7O. The molecule has 8 heteroatoms. The lowest BCUT2D eigenvalue weighted by Crippen LogP contribution is -2.30. The summed E-state index contributed by atoms with van der Waals surface area (Å²) in [4.78, 5) is 21.0. The van der Waals surface area contributed by atoms with E-state index >= 15 is 0 Å².